The van der Waals surface area contributed by atoms with Crippen LogP contribution in [0.3, 0.4) is 0 Å². The molecule has 0 amide bonds. The normalized spacial score (nSPS) is 63.3. The molecule has 3 saturated carbocycles. The van der Waals surface area contributed by atoms with Gasteiger partial charge < -0.3 is 0 Å². The molecule has 0 aromatic heterocycles. The van der Waals surface area contributed by atoms with Gasteiger partial charge in [-0.15, -0.1) is 0 Å². The van der Waals surface area contributed by atoms with E-state index in [0.717, 1.165) is 0 Å². The predicted molar refractivity (Wildman–Crippen MR) is 90.9 cm³/mol. The number of ketones is 2. The number of allylic oxidation sites excluding steroid dienone is 1. The molecular weight excluding hydrogens is 284 g/mol. The van der Waals surface area contributed by atoms with Crippen molar-refractivity contribution in [2.24, 2.45) is 34.5 Å². The van der Waals surface area contributed by atoms with E-state index in [4.69, 9.17) is 12.3 Å². The van der Waals surface area contributed by atoms with E-state index in [9.17, 15) is 9.59 Å². The molecule has 0 spiro atoms. The first-order valence-electron chi connectivity index (χ1n) is 13.1. The maximum atomic E-state index is 12.8. The Morgan fingerprint density at radius 1 is 1.26 bits per heavy atom. The summed E-state index contributed by atoms with van der Waals surface area (Å²) in [7, 11) is 0. The number of Topliss-reactive ketones (excluding diaryl/α,β-unsaturated/α-hetero) is 1. The molecular formula is C21H30O2. The highest BCUT2D eigenvalue weighted by atomic mass is 16.1. The minimum atomic E-state index is -2.88. The molecule has 4 aliphatic rings. The zero-order chi connectivity index (χ0) is 24.3. The molecule has 0 unspecified atom stereocenters. The maximum Gasteiger partial charge on any atom is 0.155 e. The average molecular weight is 324 g/mol. The van der Waals surface area contributed by atoms with Crippen LogP contribution in [0.15, 0.2) is 11.6 Å². The van der Waals surface area contributed by atoms with Crippen LogP contribution in [-0.2, 0) is 9.59 Å². The number of fused-ring (bicyclic) bond motifs is 5. The lowest BCUT2D eigenvalue weighted by molar-refractivity contribution is -0.128. The summed E-state index contributed by atoms with van der Waals surface area (Å²) in [5.74, 6) is -4.53. The number of hydrogen-bond donors (Lipinski definition) is 0. The summed E-state index contributed by atoms with van der Waals surface area (Å²) in [5.41, 5.74) is -1.85. The van der Waals surface area contributed by atoms with Gasteiger partial charge in [0.25, 0.3) is 0 Å². The van der Waals surface area contributed by atoms with Crippen LogP contribution in [-0.4, -0.2) is 11.6 Å². The monoisotopic (exact) mass is 323 g/mol. The van der Waals surface area contributed by atoms with Crippen molar-refractivity contribution in [2.75, 3.05) is 0 Å². The minimum absolute atomic E-state index is 0.0273. The fourth-order valence-electron chi connectivity index (χ4n) is 5.98. The first-order chi connectivity index (χ1) is 14.3. The van der Waals surface area contributed by atoms with Gasteiger partial charge in [0, 0.05) is 23.2 Å². The highest BCUT2D eigenvalue weighted by molar-refractivity contribution is 5.91. The van der Waals surface area contributed by atoms with Gasteiger partial charge in [-0.05, 0) is 86.4 Å². The third-order valence-corrected chi connectivity index (χ3v) is 7.25. The molecule has 2 nitrogen and oxygen atoms in total. The van der Waals surface area contributed by atoms with Crippen LogP contribution in [0, 0.1) is 34.5 Å². The van der Waals surface area contributed by atoms with Gasteiger partial charge >= 0.3 is 0 Å². The fraction of sp³-hybridized carbons (Fsp3) is 0.810. The maximum absolute atomic E-state index is 12.8. The number of carbonyl (C=O) groups excluding carboxylic acids is 2. The summed E-state index contributed by atoms with van der Waals surface area (Å²) in [4.78, 5) is 25.3. The molecule has 0 bridgehead atoms. The van der Waals surface area contributed by atoms with E-state index in [0.29, 0.717) is 19.3 Å². The predicted octanol–water partition coefficient (Wildman–Crippen LogP) is 4.72. The third kappa shape index (κ3) is 2.06. The van der Waals surface area contributed by atoms with Gasteiger partial charge in [0.05, 0.1) is 1.37 Å². The topological polar surface area (TPSA) is 34.1 Å². The number of rotatable bonds is 1. The molecule has 23 heavy (non-hydrogen) atoms. The van der Waals surface area contributed by atoms with Gasteiger partial charge in [0.15, 0.2) is 5.78 Å². The van der Waals surface area contributed by atoms with E-state index in [1.165, 1.54) is 0 Å². The zero-order valence-electron chi connectivity index (χ0n) is 22.8. The first-order valence-corrected chi connectivity index (χ1v) is 8.64. The van der Waals surface area contributed by atoms with Crippen molar-refractivity contribution in [1.29, 1.82) is 0 Å². The van der Waals surface area contributed by atoms with E-state index in [-0.39, 0.29) is 42.6 Å². The number of hydrogen-bond acceptors (Lipinski definition) is 2. The summed E-state index contributed by atoms with van der Waals surface area (Å²) in [5, 5.41) is 0. The Bertz CT molecular complexity index is 923. The molecule has 0 aromatic rings. The van der Waals surface area contributed by atoms with Crippen LogP contribution in [0.1, 0.15) is 84.3 Å². The second-order valence-electron chi connectivity index (χ2n) is 8.16. The van der Waals surface area contributed by atoms with E-state index in [2.05, 4.69) is 0 Å². The molecule has 4 aliphatic carbocycles. The lowest BCUT2D eigenvalue weighted by atomic mass is 9.47. The van der Waals surface area contributed by atoms with Crippen molar-refractivity contribution < 1.29 is 21.9 Å². The van der Waals surface area contributed by atoms with Crippen LogP contribution in [0.25, 0.3) is 0 Å². The highest BCUT2D eigenvalue weighted by Gasteiger charge is 2.59. The SMILES string of the molecule is [2H]C1=C2C([2H])([2H])C[C@@H]3[C@@H](CC[C@]4(C)[C@@H]3CC[C@@]4([2H])C(=O)C([2H])([2H])[2H])[C@@]2(C)CC([2H])([2H])C1=O. The van der Waals surface area contributed by atoms with Crippen molar-refractivity contribution in [3.8, 4) is 0 Å². The Kier molecular flexibility index (Phi) is 1.85. The summed E-state index contributed by atoms with van der Waals surface area (Å²) in [6.45, 7) is 0.675. The zero-order valence-corrected chi connectivity index (χ0v) is 13.8. The van der Waals surface area contributed by atoms with E-state index < -0.39 is 53.9 Å². The second kappa shape index (κ2) is 5.04. The van der Waals surface area contributed by atoms with Crippen LogP contribution >= 0.6 is 0 Å². The van der Waals surface area contributed by atoms with Crippen molar-refractivity contribution in [2.45, 2.75) is 72.0 Å². The highest BCUT2D eigenvalue weighted by Crippen LogP contribution is 2.66. The van der Waals surface area contributed by atoms with Gasteiger partial charge in [-0.1, -0.05) is 19.4 Å². The Morgan fingerprint density at radius 3 is 2.87 bits per heavy atom. The Labute approximate surface area is 152 Å². The fourth-order valence-corrected chi connectivity index (χ4v) is 5.98. The molecule has 0 heterocycles. The lowest BCUT2D eigenvalue weighted by Crippen LogP contribution is -2.51. The van der Waals surface area contributed by atoms with Crippen LogP contribution in [0.2, 0.25) is 0 Å². The van der Waals surface area contributed by atoms with Gasteiger partial charge in [0.2, 0.25) is 0 Å². The molecule has 0 N–H and O–H groups in total. The van der Waals surface area contributed by atoms with Gasteiger partial charge in [-0.3, -0.25) is 9.59 Å². The van der Waals surface area contributed by atoms with E-state index in [1.807, 2.05) is 0 Å². The summed E-state index contributed by atoms with van der Waals surface area (Å²) in [6, 6.07) is -0.556. The van der Waals surface area contributed by atoms with E-state index in [1.54, 1.807) is 13.8 Å². The summed E-state index contributed by atoms with van der Waals surface area (Å²) in [6.07, 6.45) is -2.98. The molecule has 4 rings (SSSR count). The molecule has 0 aliphatic heterocycles. The minimum Gasteiger partial charge on any atom is -0.300 e. The standard InChI is InChI=1S/C21H30O2/c1-13(22)17-6-7-18-16-5-4-14-12-15(23)8-10-20(14,2)19(16)9-11-21(17,18)3/h12,16-19H,4-11H2,1-3H3/t16-,17-,18+,19+,20-,21-/m0/s1/i1D3,4D2,8D2,12D,17D. The second-order valence-corrected chi connectivity index (χ2v) is 8.16. The van der Waals surface area contributed by atoms with Crippen molar-refractivity contribution in [1.82, 2.24) is 0 Å². The van der Waals surface area contributed by atoms with Crippen LogP contribution in [0.5, 0.6) is 0 Å². The largest absolute Gasteiger partial charge is 0.300 e. The number of carbonyl (C=O) groups is 2. The first kappa shape index (κ1) is 8.45. The summed E-state index contributed by atoms with van der Waals surface area (Å²) < 4.78 is 74.1. The van der Waals surface area contributed by atoms with Crippen LogP contribution < -0.4 is 0 Å². The quantitative estimate of drug-likeness (QED) is 0.699. The van der Waals surface area contributed by atoms with Gasteiger partial charge in [0.1, 0.15) is 5.78 Å². The Balaban J connectivity index is 1.81. The smallest absolute Gasteiger partial charge is 0.155 e. The van der Waals surface area contributed by atoms with E-state index >= 15 is 0 Å². The molecule has 0 saturated heterocycles. The van der Waals surface area contributed by atoms with Crippen molar-refractivity contribution >= 4 is 11.6 Å². The van der Waals surface area contributed by atoms with Gasteiger partial charge in [-0.25, -0.2) is 0 Å². The summed E-state index contributed by atoms with van der Waals surface area (Å²) >= 11 is 0. The molecule has 126 valence electrons. The molecule has 3 fully saturated rings. The molecule has 6 atom stereocenters. The van der Waals surface area contributed by atoms with Crippen molar-refractivity contribution in [3.63, 3.8) is 0 Å². The van der Waals surface area contributed by atoms with Crippen LogP contribution in [0.4, 0.5) is 0 Å². The third-order valence-electron chi connectivity index (χ3n) is 7.25. The average Bonchev–Trinajstić information content (AvgIpc) is 2.89. The van der Waals surface area contributed by atoms with Crippen molar-refractivity contribution in [3.05, 3.63) is 11.6 Å². The Hall–Kier alpha value is -0.920. The lowest BCUT2D eigenvalue weighted by Gasteiger charge is -2.58. The van der Waals surface area contributed by atoms with Gasteiger partial charge in [-0.2, -0.15) is 0 Å². The molecule has 2 heteroatoms. The Morgan fingerprint density at radius 2 is 2.09 bits per heavy atom. The molecule has 0 radical (unpaired) electrons. The molecule has 0 aromatic carbocycles.